The van der Waals surface area contributed by atoms with Gasteiger partial charge < -0.3 is 10.0 Å². The molecule has 0 saturated carbocycles. The van der Waals surface area contributed by atoms with Crippen molar-refractivity contribution in [2.24, 2.45) is 5.92 Å². The van der Waals surface area contributed by atoms with Crippen molar-refractivity contribution in [1.82, 2.24) is 4.90 Å². The van der Waals surface area contributed by atoms with E-state index in [4.69, 9.17) is 5.11 Å². The third kappa shape index (κ3) is 5.73. The molecular formula is C15H24Cl2N2O2. The summed E-state index contributed by atoms with van der Waals surface area (Å²) in [6.45, 7) is 9.84. The van der Waals surface area contributed by atoms with Crippen molar-refractivity contribution in [2.75, 3.05) is 37.6 Å². The molecular weight excluding hydrogens is 311 g/mol. The summed E-state index contributed by atoms with van der Waals surface area (Å²) in [5, 5.41) is 8.88. The van der Waals surface area contributed by atoms with Crippen LogP contribution in [0.15, 0.2) is 24.3 Å². The Hall–Kier alpha value is -0.970. The largest absolute Gasteiger partial charge is 0.478 e. The van der Waals surface area contributed by atoms with Crippen molar-refractivity contribution in [2.45, 2.75) is 13.8 Å². The lowest BCUT2D eigenvalue weighted by molar-refractivity contribution is 0.0697. The molecule has 6 heteroatoms. The average molecular weight is 335 g/mol. The van der Waals surface area contributed by atoms with Crippen molar-refractivity contribution < 1.29 is 9.90 Å². The molecule has 1 heterocycles. The van der Waals surface area contributed by atoms with Crippen molar-refractivity contribution in [1.29, 1.82) is 0 Å². The van der Waals surface area contributed by atoms with Gasteiger partial charge >= 0.3 is 5.97 Å². The Morgan fingerprint density at radius 2 is 1.62 bits per heavy atom. The van der Waals surface area contributed by atoms with Gasteiger partial charge in [-0.15, -0.1) is 24.8 Å². The Balaban J connectivity index is 0.00000200. The number of hydrogen-bond acceptors (Lipinski definition) is 3. The summed E-state index contributed by atoms with van der Waals surface area (Å²) in [5.74, 6) is -0.158. The van der Waals surface area contributed by atoms with Crippen LogP contribution in [0.3, 0.4) is 0 Å². The van der Waals surface area contributed by atoms with Gasteiger partial charge in [0.25, 0.3) is 0 Å². The molecule has 21 heavy (non-hydrogen) atoms. The normalized spacial score (nSPS) is 15.3. The van der Waals surface area contributed by atoms with Crippen LogP contribution in [0, 0.1) is 5.92 Å². The van der Waals surface area contributed by atoms with E-state index in [0.717, 1.165) is 38.4 Å². The second kappa shape index (κ2) is 9.13. The topological polar surface area (TPSA) is 43.8 Å². The molecule has 0 aliphatic carbocycles. The first-order valence-electron chi connectivity index (χ1n) is 6.87. The van der Waals surface area contributed by atoms with Crippen LogP contribution in [0.2, 0.25) is 0 Å². The van der Waals surface area contributed by atoms with Crippen LogP contribution in [-0.2, 0) is 0 Å². The quantitative estimate of drug-likeness (QED) is 0.919. The Labute approximate surface area is 138 Å². The van der Waals surface area contributed by atoms with E-state index in [1.54, 1.807) is 12.1 Å². The highest BCUT2D eigenvalue weighted by Crippen LogP contribution is 2.17. The zero-order valence-electron chi connectivity index (χ0n) is 12.5. The predicted molar refractivity (Wildman–Crippen MR) is 91.4 cm³/mol. The minimum atomic E-state index is -0.867. The molecule has 1 N–H and O–H groups in total. The monoisotopic (exact) mass is 334 g/mol. The van der Waals surface area contributed by atoms with Gasteiger partial charge in [-0.1, -0.05) is 13.8 Å². The number of piperazine rings is 1. The van der Waals surface area contributed by atoms with Crippen LogP contribution in [-0.4, -0.2) is 48.7 Å². The predicted octanol–water partition coefficient (Wildman–Crippen LogP) is 3.01. The fraction of sp³-hybridized carbons (Fsp3) is 0.533. The van der Waals surface area contributed by atoms with E-state index in [1.807, 2.05) is 12.1 Å². The lowest BCUT2D eigenvalue weighted by Crippen LogP contribution is -2.47. The number of carboxylic acid groups (broad SMARTS) is 1. The molecule has 1 fully saturated rings. The highest BCUT2D eigenvalue weighted by atomic mass is 35.5. The van der Waals surface area contributed by atoms with Crippen molar-refractivity contribution in [3.05, 3.63) is 29.8 Å². The van der Waals surface area contributed by atoms with Crippen LogP contribution in [0.1, 0.15) is 24.2 Å². The molecule has 4 nitrogen and oxygen atoms in total. The first-order valence-corrected chi connectivity index (χ1v) is 6.87. The van der Waals surface area contributed by atoms with Crippen molar-refractivity contribution in [3.63, 3.8) is 0 Å². The Kier molecular flexibility index (Phi) is 8.71. The molecule has 0 spiro atoms. The van der Waals surface area contributed by atoms with E-state index in [0.29, 0.717) is 11.5 Å². The zero-order chi connectivity index (χ0) is 13.8. The highest BCUT2D eigenvalue weighted by Gasteiger charge is 2.17. The zero-order valence-corrected chi connectivity index (χ0v) is 14.1. The summed E-state index contributed by atoms with van der Waals surface area (Å²) in [5.41, 5.74) is 1.47. The number of nitrogens with zero attached hydrogens (tertiary/aromatic N) is 2. The van der Waals surface area contributed by atoms with Gasteiger partial charge in [-0.05, 0) is 30.2 Å². The highest BCUT2D eigenvalue weighted by molar-refractivity contribution is 5.88. The van der Waals surface area contributed by atoms with Gasteiger partial charge in [0, 0.05) is 38.4 Å². The van der Waals surface area contributed by atoms with Gasteiger partial charge in [-0.3, -0.25) is 4.90 Å². The van der Waals surface area contributed by atoms with Gasteiger partial charge in [0.15, 0.2) is 0 Å². The molecule has 0 unspecified atom stereocenters. The molecule has 1 saturated heterocycles. The van der Waals surface area contributed by atoms with Gasteiger partial charge in [-0.25, -0.2) is 4.79 Å². The van der Waals surface area contributed by atoms with Crippen molar-refractivity contribution in [3.8, 4) is 0 Å². The Bertz CT molecular complexity index is 430. The number of carboxylic acids is 1. The fourth-order valence-corrected chi connectivity index (χ4v) is 2.52. The van der Waals surface area contributed by atoms with Gasteiger partial charge in [0.1, 0.15) is 0 Å². The number of halogens is 2. The van der Waals surface area contributed by atoms with Crippen LogP contribution >= 0.6 is 24.8 Å². The van der Waals surface area contributed by atoms with Crippen LogP contribution in [0.4, 0.5) is 5.69 Å². The molecule has 0 radical (unpaired) electrons. The summed E-state index contributed by atoms with van der Waals surface area (Å²) < 4.78 is 0. The molecule has 2 rings (SSSR count). The Morgan fingerprint density at radius 3 is 2.05 bits per heavy atom. The van der Waals surface area contributed by atoms with E-state index in [-0.39, 0.29) is 24.8 Å². The summed E-state index contributed by atoms with van der Waals surface area (Å²) in [6, 6.07) is 7.17. The molecule has 0 bridgehead atoms. The van der Waals surface area contributed by atoms with Gasteiger partial charge in [0.2, 0.25) is 0 Å². The number of anilines is 1. The Morgan fingerprint density at radius 1 is 1.10 bits per heavy atom. The summed E-state index contributed by atoms with van der Waals surface area (Å²) in [6.07, 6.45) is 0. The summed E-state index contributed by atoms with van der Waals surface area (Å²) in [4.78, 5) is 15.6. The molecule has 120 valence electrons. The maximum atomic E-state index is 10.8. The SMILES string of the molecule is CC(C)CN1CCN(c2ccc(C(=O)O)cc2)CC1.Cl.Cl. The summed E-state index contributed by atoms with van der Waals surface area (Å²) >= 11 is 0. The van der Waals surface area contributed by atoms with Crippen LogP contribution < -0.4 is 4.90 Å². The number of carbonyl (C=O) groups is 1. The molecule has 0 atom stereocenters. The third-order valence-electron chi connectivity index (χ3n) is 3.48. The second-order valence-corrected chi connectivity index (χ2v) is 5.53. The second-order valence-electron chi connectivity index (χ2n) is 5.53. The fourth-order valence-electron chi connectivity index (χ4n) is 2.52. The maximum absolute atomic E-state index is 10.8. The van der Waals surface area contributed by atoms with E-state index < -0.39 is 5.97 Å². The molecule has 1 aromatic rings. The first-order chi connectivity index (χ1) is 9.06. The van der Waals surface area contributed by atoms with E-state index in [9.17, 15) is 4.79 Å². The van der Waals surface area contributed by atoms with E-state index >= 15 is 0 Å². The number of aromatic carboxylic acids is 1. The standard InChI is InChI=1S/C15H22N2O2.2ClH/c1-12(2)11-16-7-9-17(10-8-16)14-5-3-13(4-6-14)15(18)19;;/h3-6,12H,7-11H2,1-2H3,(H,18,19);2*1H. The van der Waals surface area contributed by atoms with Gasteiger partial charge in [0.05, 0.1) is 5.56 Å². The van der Waals surface area contributed by atoms with Gasteiger partial charge in [-0.2, -0.15) is 0 Å². The molecule has 1 aromatic carbocycles. The van der Waals surface area contributed by atoms with Crippen LogP contribution in [0.5, 0.6) is 0 Å². The van der Waals surface area contributed by atoms with Crippen molar-refractivity contribution >= 4 is 36.5 Å². The first kappa shape index (κ1) is 20.0. The lowest BCUT2D eigenvalue weighted by Gasteiger charge is -2.36. The molecule has 1 aliphatic rings. The van der Waals surface area contributed by atoms with E-state index in [2.05, 4.69) is 23.6 Å². The lowest BCUT2D eigenvalue weighted by atomic mass is 10.1. The minimum absolute atomic E-state index is 0. The maximum Gasteiger partial charge on any atom is 0.335 e. The number of hydrogen-bond donors (Lipinski definition) is 1. The minimum Gasteiger partial charge on any atom is -0.478 e. The number of rotatable bonds is 4. The van der Waals surface area contributed by atoms with E-state index in [1.165, 1.54) is 0 Å². The smallest absolute Gasteiger partial charge is 0.335 e. The van der Waals surface area contributed by atoms with Crippen LogP contribution in [0.25, 0.3) is 0 Å². The summed E-state index contributed by atoms with van der Waals surface area (Å²) in [7, 11) is 0. The number of benzene rings is 1. The molecule has 1 aliphatic heterocycles. The molecule has 0 amide bonds. The third-order valence-corrected chi connectivity index (χ3v) is 3.48. The average Bonchev–Trinajstić information content (AvgIpc) is 2.39. The molecule has 0 aromatic heterocycles.